The van der Waals surface area contributed by atoms with Crippen LogP contribution in [0.15, 0.2) is 0 Å². The largest absolute Gasteiger partial charge is 0.477 e. The Morgan fingerprint density at radius 2 is 1.00 bits per heavy atom. The Bertz CT molecular complexity index is 2000. The molecule has 0 aliphatic carbocycles. The highest BCUT2D eigenvalue weighted by Gasteiger charge is 2.63. The Labute approximate surface area is 434 Å². The van der Waals surface area contributed by atoms with Gasteiger partial charge in [0.2, 0.25) is 17.7 Å². The van der Waals surface area contributed by atoms with Crippen LogP contribution in [0.1, 0.15) is 33.6 Å². The lowest BCUT2D eigenvalue weighted by Gasteiger charge is -2.52. The van der Waals surface area contributed by atoms with Crippen molar-refractivity contribution in [2.75, 3.05) is 33.0 Å². The molecule has 1 unspecified atom stereocenters. The minimum Gasteiger partial charge on any atom is -0.477 e. The maximum Gasteiger partial charge on any atom is 0.364 e. The Morgan fingerprint density at radius 3 is 1.49 bits per heavy atom. The summed E-state index contributed by atoms with van der Waals surface area (Å²) >= 11 is 0. The van der Waals surface area contributed by atoms with Crippen LogP contribution >= 0.6 is 0 Å². The number of hydrogen-bond donors (Lipinski definition) is 21. The topological polar surface area (TPSA) is 569 Å². The lowest BCUT2D eigenvalue weighted by atomic mass is 9.87. The van der Waals surface area contributed by atoms with Gasteiger partial charge in [-0.3, -0.25) is 14.4 Å². The van der Waals surface area contributed by atoms with E-state index in [0.29, 0.717) is 0 Å². The molecule has 0 aromatic carbocycles. The molecule has 77 heavy (non-hydrogen) atoms. The highest BCUT2D eigenvalue weighted by atomic mass is 16.8. The molecule has 3 amide bonds. The summed E-state index contributed by atoms with van der Waals surface area (Å²) in [5, 5.41) is 201. The second-order valence-corrected chi connectivity index (χ2v) is 19.0. The van der Waals surface area contributed by atoms with Crippen molar-refractivity contribution in [3.05, 3.63) is 0 Å². The second kappa shape index (κ2) is 26.7. The Balaban J connectivity index is 1.61. The number of carboxylic acids is 2. The summed E-state index contributed by atoms with van der Waals surface area (Å²) in [6.07, 6.45) is -50.7. The van der Waals surface area contributed by atoms with Crippen molar-refractivity contribution in [3.63, 3.8) is 0 Å². The number of carbonyl (C=O) groups excluding carboxylic acids is 3. The van der Waals surface area contributed by atoms with Gasteiger partial charge in [0.05, 0.1) is 57.3 Å². The third-order valence-corrected chi connectivity index (χ3v) is 13.5. The highest BCUT2D eigenvalue weighted by molar-refractivity contribution is 5.77. The minimum absolute atomic E-state index is 0.873. The molecule has 35 nitrogen and oxygen atoms in total. The van der Waals surface area contributed by atoms with Crippen LogP contribution in [0, 0.1) is 0 Å². The lowest BCUT2D eigenvalue weighted by molar-refractivity contribution is -0.401. The fourth-order valence-corrected chi connectivity index (χ4v) is 9.64. The lowest BCUT2D eigenvalue weighted by Crippen LogP contribution is -2.72. The van der Waals surface area contributed by atoms with Gasteiger partial charge in [0.15, 0.2) is 18.9 Å². The summed E-state index contributed by atoms with van der Waals surface area (Å²) in [5.41, 5.74) is 0. The molecule has 0 bridgehead atoms. The van der Waals surface area contributed by atoms with Gasteiger partial charge in [0.1, 0.15) is 110 Å². The van der Waals surface area contributed by atoms with Crippen molar-refractivity contribution in [2.24, 2.45) is 0 Å². The average Bonchev–Trinajstić information content (AvgIpc) is 3.38. The Hall–Kier alpha value is -3.65. The van der Waals surface area contributed by atoms with Gasteiger partial charge in [-0.25, -0.2) is 9.59 Å². The van der Waals surface area contributed by atoms with Crippen LogP contribution in [-0.2, 0) is 66.6 Å². The number of aliphatic carboxylic acids is 2. The first-order valence-electron chi connectivity index (χ1n) is 23.9. The zero-order valence-corrected chi connectivity index (χ0v) is 41.1. The molecule has 444 valence electrons. The Morgan fingerprint density at radius 1 is 0.532 bits per heavy atom. The summed E-state index contributed by atoms with van der Waals surface area (Å²) in [4.78, 5) is 63.9. The van der Waals surface area contributed by atoms with Crippen molar-refractivity contribution in [1.29, 1.82) is 0 Å². The number of rotatable bonds is 22. The van der Waals surface area contributed by atoms with Crippen LogP contribution in [0.5, 0.6) is 0 Å². The maximum absolute atomic E-state index is 13.7. The van der Waals surface area contributed by atoms with Crippen LogP contribution in [-0.4, -0.2) is 319 Å². The van der Waals surface area contributed by atoms with Gasteiger partial charge in [0, 0.05) is 33.6 Å². The maximum atomic E-state index is 13.7. The average molecular weight is 1130 g/mol. The molecule has 5 heterocycles. The van der Waals surface area contributed by atoms with Crippen molar-refractivity contribution in [3.8, 4) is 0 Å². The second-order valence-electron chi connectivity index (χ2n) is 19.0. The van der Waals surface area contributed by atoms with E-state index in [2.05, 4.69) is 16.0 Å². The molecule has 21 N–H and O–H groups in total. The van der Waals surface area contributed by atoms with E-state index >= 15 is 0 Å². The third kappa shape index (κ3) is 13.9. The van der Waals surface area contributed by atoms with Crippen LogP contribution in [0.2, 0.25) is 0 Å². The molecular formula is C42H69N3O32. The normalized spacial score (nSPS) is 43.2. The number of aliphatic hydroxyl groups excluding tert-OH is 16. The predicted molar refractivity (Wildman–Crippen MR) is 236 cm³/mol. The number of carbonyl (C=O) groups is 5. The molecule has 5 fully saturated rings. The van der Waals surface area contributed by atoms with Gasteiger partial charge in [-0.15, -0.1) is 0 Å². The Kier molecular flexibility index (Phi) is 22.3. The highest BCUT2D eigenvalue weighted by Crippen LogP contribution is 2.42. The predicted octanol–water partition coefficient (Wildman–Crippen LogP) is -13.1. The van der Waals surface area contributed by atoms with Crippen LogP contribution in [0.3, 0.4) is 0 Å². The van der Waals surface area contributed by atoms with E-state index in [4.69, 9.17) is 42.6 Å². The first-order valence-corrected chi connectivity index (χ1v) is 23.9. The van der Waals surface area contributed by atoms with Gasteiger partial charge >= 0.3 is 11.9 Å². The van der Waals surface area contributed by atoms with E-state index in [1.807, 2.05) is 0 Å². The quantitative estimate of drug-likeness (QED) is 0.0479. The molecule has 5 aliphatic rings. The van der Waals surface area contributed by atoms with Crippen LogP contribution in [0.25, 0.3) is 0 Å². The van der Waals surface area contributed by atoms with Crippen LogP contribution in [0.4, 0.5) is 0 Å². The summed E-state index contributed by atoms with van der Waals surface area (Å²) in [6.45, 7) is -3.24. The van der Waals surface area contributed by atoms with Crippen molar-refractivity contribution >= 4 is 29.7 Å². The molecule has 0 spiro atoms. The number of hydrogen-bond acceptors (Lipinski definition) is 30. The van der Waals surface area contributed by atoms with Gasteiger partial charge in [-0.1, -0.05) is 0 Å². The smallest absolute Gasteiger partial charge is 0.364 e. The van der Waals surface area contributed by atoms with Crippen molar-refractivity contribution < 1.29 is 159 Å². The number of carboxylic acid groups (broad SMARTS) is 2. The summed E-state index contributed by atoms with van der Waals surface area (Å²) in [5.74, 6) is -14.1. The molecule has 0 saturated carbocycles. The fraction of sp³-hybridized carbons (Fsp3) is 0.881. The van der Waals surface area contributed by atoms with Gasteiger partial charge < -0.3 is 150 Å². The first-order chi connectivity index (χ1) is 36.0. The summed E-state index contributed by atoms with van der Waals surface area (Å²) < 4.78 is 51.5. The van der Waals surface area contributed by atoms with Gasteiger partial charge in [-0.2, -0.15) is 0 Å². The summed E-state index contributed by atoms with van der Waals surface area (Å²) in [7, 11) is 0. The SMILES string of the molecule is CC(=O)N[C@H]1[C@H](O[C@@H]2[C@H](O[C@]3(C(=O)O)C[C@H](O)[C@@H](NC(C)=O)[C@H]([C@H](O)[C@@H](CO)O[C@]4(C(=O)O)C[C@H](O)[C@@H](NC(C)=O)[C@H]([C@H](O)[C@H](O)CO)O4)O3)[C@@H](O)[C@H](O[C@H]3[C@H](O)[C@@H](O)C(O)O[C@@H]3CO)O[C@@H]2CO)O[C@H](CO)[C@H](O)[C@@H]1O. The fourth-order valence-electron chi connectivity index (χ4n) is 9.64. The molecule has 0 aromatic heterocycles. The molecule has 27 atom stereocenters. The first kappa shape index (κ1) is 64.2. The van der Waals surface area contributed by atoms with Gasteiger partial charge in [0.25, 0.3) is 11.6 Å². The molecule has 0 radical (unpaired) electrons. The number of ether oxygens (including phenoxy) is 9. The molecular weight excluding hydrogens is 1060 g/mol. The van der Waals surface area contributed by atoms with Crippen LogP contribution < -0.4 is 16.0 Å². The van der Waals surface area contributed by atoms with E-state index < -0.39 is 240 Å². The van der Waals surface area contributed by atoms with Crippen molar-refractivity contribution in [1.82, 2.24) is 16.0 Å². The number of aliphatic hydroxyl groups is 16. The molecule has 5 saturated heterocycles. The number of amides is 3. The number of nitrogens with one attached hydrogen (secondary N) is 3. The van der Waals surface area contributed by atoms with E-state index in [-0.39, 0.29) is 0 Å². The van der Waals surface area contributed by atoms with Crippen molar-refractivity contribution in [2.45, 2.75) is 198 Å². The third-order valence-electron chi connectivity index (χ3n) is 13.5. The minimum atomic E-state index is -3.53. The zero-order chi connectivity index (χ0) is 57.8. The standard InChI is InChI=1S/C42H69N3O32/c1-11(51)43-21-14(54)4-41(39(65)66,75-33(21)24(57)16(56)6-46)74-18(8-48)26(59)34-22(44-12(2)52)15(55)5-42(76-34,40(67)68)77-35-30(63)38(72-31-19(9-49)69-36(64)29(62)28(31)61)71-20(10-50)32(35)73-37-23(45-13(3)53)27(60)25(58)17(7-47)70-37/h14-38,46-50,54-64H,4-10H2,1-3H3,(H,43,51)(H,44,52)(H,45,53)(H,65,66)(H,67,68)/t14-,15-,16+,17+,18+,19+,20+,21+,22+,23+,24+,25-,26+,27+,28+,29+,30+,31+,32-,33+,34+,35+,36?,37-,38-,41+,42-/m0/s1. The molecule has 5 rings (SSSR count). The summed E-state index contributed by atoms with van der Waals surface area (Å²) in [6, 6.07) is -5.55. The molecule has 35 heteroatoms. The molecule has 5 aliphatic heterocycles. The van der Waals surface area contributed by atoms with E-state index in [9.17, 15) is 116 Å². The van der Waals surface area contributed by atoms with E-state index in [0.717, 1.165) is 20.8 Å². The van der Waals surface area contributed by atoms with E-state index in [1.54, 1.807) is 0 Å². The zero-order valence-electron chi connectivity index (χ0n) is 41.1. The monoisotopic (exact) mass is 1130 g/mol. The molecule has 0 aromatic rings. The van der Waals surface area contributed by atoms with E-state index in [1.165, 1.54) is 0 Å². The van der Waals surface area contributed by atoms with Gasteiger partial charge in [-0.05, 0) is 0 Å².